The summed E-state index contributed by atoms with van der Waals surface area (Å²) < 4.78 is 0. The molecule has 0 saturated heterocycles. The van der Waals surface area contributed by atoms with Crippen LogP contribution in [0.1, 0.15) is 38.6 Å². The van der Waals surface area contributed by atoms with Gasteiger partial charge in [0, 0.05) is 12.2 Å². The molecule has 1 rings (SSSR count). The van der Waals surface area contributed by atoms with Crippen LogP contribution < -0.4 is 5.32 Å². The van der Waals surface area contributed by atoms with E-state index in [1.807, 2.05) is 6.92 Å². The highest BCUT2D eigenvalue weighted by atomic mass is 14.9. The van der Waals surface area contributed by atoms with Crippen molar-refractivity contribution in [3.8, 4) is 0 Å². The Morgan fingerprint density at radius 2 is 2.14 bits per heavy atom. The molecule has 0 fully saturated rings. The number of rotatable bonds is 4. The van der Waals surface area contributed by atoms with E-state index in [0.29, 0.717) is 5.41 Å². The van der Waals surface area contributed by atoms with Crippen LogP contribution in [-0.2, 0) is 6.54 Å². The summed E-state index contributed by atoms with van der Waals surface area (Å²) in [5.41, 5.74) is 2.69. The number of aromatic amines is 1. The van der Waals surface area contributed by atoms with Crippen molar-refractivity contribution in [2.45, 2.75) is 40.7 Å². The van der Waals surface area contributed by atoms with Gasteiger partial charge in [-0.25, -0.2) is 4.98 Å². The summed E-state index contributed by atoms with van der Waals surface area (Å²) in [5, 5.41) is 3.40. The third kappa shape index (κ3) is 3.92. The number of hydrogen-bond acceptors (Lipinski definition) is 2. The van der Waals surface area contributed by atoms with Gasteiger partial charge in [-0.05, 0) is 25.3 Å². The van der Waals surface area contributed by atoms with Gasteiger partial charge >= 0.3 is 0 Å². The van der Waals surface area contributed by atoms with Crippen molar-refractivity contribution in [2.24, 2.45) is 5.41 Å². The van der Waals surface area contributed by atoms with Crippen LogP contribution in [0, 0.1) is 12.3 Å². The smallest absolute Gasteiger partial charge is 0.0925 e. The molecule has 0 bridgehead atoms. The Labute approximate surface area is 86.3 Å². The van der Waals surface area contributed by atoms with Crippen LogP contribution in [0.15, 0.2) is 6.33 Å². The Kier molecular flexibility index (Phi) is 3.69. The highest BCUT2D eigenvalue weighted by Gasteiger charge is 2.09. The van der Waals surface area contributed by atoms with E-state index in [0.717, 1.165) is 24.5 Å². The first-order chi connectivity index (χ1) is 6.49. The lowest BCUT2D eigenvalue weighted by Gasteiger charge is -2.17. The number of nitrogens with zero attached hydrogens (tertiary/aromatic N) is 1. The zero-order valence-electron chi connectivity index (χ0n) is 9.65. The normalized spacial score (nSPS) is 12.0. The fourth-order valence-electron chi connectivity index (χ4n) is 1.24. The fraction of sp³-hybridized carbons (Fsp3) is 0.727. The molecule has 0 spiro atoms. The van der Waals surface area contributed by atoms with E-state index < -0.39 is 0 Å². The standard InChI is InChI=1S/C11H21N3/c1-9-10(14-8-13-9)7-12-6-5-11(2,3)4/h8,12H,5-7H2,1-4H3,(H,13,14). The van der Waals surface area contributed by atoms with Gasteiger partial charge in [-0.3, -0.25) is 0 Å². The second-order valence-corrected chi connectivity index (χ2v) is 4.96. The highest BCUT2D eigenvalue weighted by Crippen LogP contribution is 2.16. The Bertz CT molecular complexity index is 270. The predicted octanol–water partition coefficient (Wildman–Crippen LogP) is 2.24. The second kappa shape index (κ2) is 4.60. The number of aryl methyl sites for hydroxylation is 1. The molecule has 3 heteroatoms. The molecule has 0 aromatic carbocycles. The van der Waals surface area contributed by atoms with E-state index in [4.69, 9.17) is 0 Å². The lowest BCUT2D eigenvalue weighted by Crippen LogP contribution is -2.20. The second-order valence-electron chi connectivity index (χ2n) is 4.96. The molecular formula is C11H21N3. The molecule has 0 atom stereocenters. The van der Waals surface area contributed by atoms with Crippen molar-refractivity contribution < 1.29 is 0 Å². The maximum atomic E-state index is 4.23. The molecule has 14 heavy (non-hydrogen) atoms. The quantitative estimate of drug-likeness (QED) is 0.723. The molecule has 0 aliphatic heterocycles. The van der Waals surface area contributed by atoms with Crippen molar-refractivity contribution in [2.75, 3.05) is 6.54 Å². The van der Waals surface area contributed by atoms with Crippen molar-refractivity contribution in [3.05, 3.63) is 17.7 Å². The monoisotopic (exact) mass is 195 g/mol. The topological polar surface area (TPSA) is 40.7 Å². The number of imidazole rings is 1. The summed E-state index contributed by atoms with van der Waals surface area (Å²) in [6.07, 6.45) is 2.94. The number of aromatic nitrogens is 2. The van der Waals surface area contributed by atoms with Crippen LogP contribution in [0.5, 0.6) is 0 Å². The first-order valence-corrected chi connectivity index (χ1v) is 5.18. The molecule has 0 radical (unpaired) electrons. The van der Waals surface area contributed by atoms with Gasteiger partial charge in [-0.2, -0.15) is 0 Å². The van der Waals surface area contributed by atoms with E-state index in [9.17, 15) is 0 Å². The third-order valence-corrected chi connectivity index (χ3v) is 2.28. The van der Waals surface area contributed by atoms with Crippen molar-refractivity contribution in [3.63, 3.8) is 0 Å². The van der Waals surface area contributed by atoms with Crippen LogP contribution in [0.3, 0.4) is 0 Å². The maximum absolute atomic E-state index is 4.23. The van der Waals surface area contributed by atoms with E-state index >= 15 is 0 Å². The van der Waals surface area contributed by atoms with Crippen LogP contribution in [0.4, 0.5) is 0 Å². The number of nitrogens with one attached hydrogen (secondary N) is 2. The average molecular weight is 195 g/mol. The molecule has 1 aromatic rings. The maximum Gasteiger partial charge on any atom is 0.0925 e. The number of H-pyrrole nitrogens is 1. The molecule has 0 amide bonds. The zero-order chi connectivity index (χ0) is 10.6. The minimum Gasteiger partial charge on any atom is -0.348 e. The van der Waals surface area contributed by atoms with E-state index in [1.165, 1.54) is 6.42 Å². The van der Waals surface area contributed by atoms with Crippen LogP contribution in [-0.4, -0.2) is 16.5 Å². The van der Waals surface area contributed by atoms with E-state index in [-0.39, 0.29) is 0 Å². The Balaban J connectivity index is 2.20. The van der Waals surface area contributed by atoms with Crippen LogP contribution in [0.25, 0.3) is 0 Å². The lowest BCUT2D eigenvalue weighted by molar-refractivity contribution is 0.366. The predicted molar refractivity (Wildman–Crippen MR) is 59.1 cm³/mol. The molecule has 0 aliphatic rings. The summed E-state index contributed by atoms with van der Waals surface area (Å²) in [7, 11) is 0. The Hall–Kier alpha value is -0.830. The zero-order valence-corrected chi connectivity index (χ0v) is 9.65. The SMILES string of the molecule is Cc1[nH]cnc1CNCCC(C)(C)C. The lowest BCUT2D eigenvalue weighted by atomic mass is 9.92. The van der Waals surface area contributed by atoms with Crippen LogP contribution in [0.2, 0.25) is 0 Å². The van der Waals surface area contributed by atoms with Gasteiger partial charge in [-0.15, -0.1) is 0 Å². The minimum absolute atomic E-state index is 0.410. The van der Waals surface area contributed by atoms with Crippen LogP contribution >= 0.6 is 0 Å². The molecule has 0 unspecified atom stereocenters. The van der Waals surface area contributed by atoms with Gasteiger partial charge in [-0.1, -0.05) is 20.8 Å². The summed E-state index contributed by atoms with van der Waals surface area (Å²) in [4.78, 5) is 7.31. The van der Waals surface area contributed by atoms with Gasteiger partial charge in [0.15, 0.2) is 0 Å². The fourth-order valence-corrected chi connectivity index (χ4v) is 1.24. The summed E-state index contributed by atoms with van der Waals surface area (Å²) >= 11 is 0. The van der Waals surface area contributed by atoms with Gasteiger partial charge in [0.2, 0.25) is 0 Å². The molecule has 2 N–H and O–H groups in total. The van der Waals surface area contributed by atoms with E-state index in [1.54, 1.807) is 6.33 Å². The van der Waals surface area contributed by atoms with Crippen molar-refractivity contribution in [1.29, 1.82) is 0 Å². The molecular weight excluding hydrogens is 174 g/mol. The molecule has 1 heterocycles. The third-order valence-electron chi connectivity index (χ3n) is 2.28. The Morgan fingerprint density at radius 3 is 2.64 bits per heavy atom. The summed E-state index contributed by atoms with van der Waals surface area (Å²) in [5.74, 6) is 0. The Morgan fingerprint density at radius 1 is 1.43 bits per heavy atom. The number of hydrogen-bond donors (Lipinski definition) is 2. The molecule has 80 valence electrons. The van der Waals surface area contributed by atoms with Gasteiger partial charge in [0.05, 0.1) is 12.0 Å². The molecule has 3 nitrogen and oxygen atoms in total. The first kappa shape index (κ1) is 11.2. The molecule has 1 aromatic heterocycles. The first-order valence-electron chi connectivity index (χ1n) is 5.18. The van der Waals surface area contributed by atoms with E-state index in [2.05, 4.69) is 36.1 Å². The molecule has 0 aliphatic carbocycles. The van der Waals surface area contributed by atoms with Gasteiger partial charge < -0.3 is 10.3 Å². The van der Waals surface area contributed by atoms with Crippen molar-refractivity contribution in [1.82, 2.24) is 15.3 Å². The summed E-state index contributed by atoms with van der Waals surface area (Å²) in [6, 6.07) is 0. The van der Waals surface area contributed by atoms with Gasteiger partial charge in [0.1, 0.15) is 0 Å². The largest absolute Gasteiger partial charge is 0.348 e. The van der Waals surface area contributed by atoms with Gasteiger partial charge in [0.25, 0.3) is 0 Å². The average Bonchev–Trinajstić information content (AvgIpc) is 2.44. The van der Waals surface area contributed by atoms with Crippen molar-refractivity contribution >= 4 is 0 Å². The minimum atomic E-state index is 0.410. The summed E-state index contributed by atoms with van der Waals surface area (Å²) in [6.45, 7) is 10.7. The molecule has 0 saturated carbocycles. The highest BCUT2D eigenvalue weighted by molar-refractivity contribution is 5.07.